The molecule has 0 spiro atoms. The number of carboxylic acid groups (broad SMARTS) is 1. The molecule has 0 atom stereocenters. The Morgan fingerprint density at radius 2 is 1.88 bits per heavy atom. The summed E-state index contributed by atoms with van der Waals surface area (Å²) in [5, 5.41) is 9.55. The normalized spacial score (nSPS) is 15.9. The Bertz CT molecular complexity index is 891. The quantitative estimate of drug-likeness (QED) is 0.888. The van der Waals surface area contributed by atoms with Gasteiger partial charge in [0.15, 0.2) is 0 Å². The number of nitrogens with zero attached hydrogens (tertiary/aromatic N) is 3. The second-order valence-electron chi connectivity index (χ2n) is 6.16. The minimum absolute atomic E-state index is 0.140. The third-order valence-corrected chi connectivity index (χ3v) is 5.89. The molecule has 1 aliphatic heterocycles. The number of thiophene rings is 1. The van der Waals surface area contributed by atoms with E-state index < -0.39 is 5.97 Å². The maximum absolute atomic E-state index is 12.8. The summed E-state index contributed by atoms with van der Waals surface area (Å²) in [5.41, 5.74) is 0.517. The molecule has 1 fully saturated rings. The van der Waals surface area contributed by atoms with Gasteiger partial charge in [-0.2, -0.15) is 0 Å². The number of aromatic nitrogens is 2. The van der Waals surface area contributed by atoms with Crippen LogP contribution in [0.25, 0.3) is 10.2 Å². The van der Waals surface area contributed by atoms with Gasteiger partial charge in [-0.25, -0.2) is 4.98 Å². The number of amides is 1. The Kier molecular flexibility index (Phi) is 4.16. The third kappa shape index (κ3) is 2.60. The fraction of sp³-hybridized carbons (Fsp3) is 0.500. The number of aliphatic carboxylic acids is 1. The minimum atomic E-state index is -0.802. The highest BCUT2D eigenvalue weighted by Gasteiger charge is 2.30. The molecule has 3 heterocycles. The van der Waals surface area contributed by atoms with E-state index in [1.807, 2.05) is 0 Å². The van der Waals surface area contributed by atoms with Crippen molar-refractivity contribution < 1.29 is 14.7 Å². The molecule has 0 bridgehead atoms. The highest BCUT2D eigenvalue weighted by atomic mass is 32.1. The summed E-state index contributed by atoms with van der Waals surface area (Å²) in [7, 11) is 1.67. The van der Waals surface area contributed by atoms with Gasteiger partial charge in [-0.15, -0.1) is 11.3 Å². The first kappa shape index (κ1) is 16.6. The summed E-state index contributed by atoms with van der Waals surface area (Å²) >= 11 is 1.24. The lowest BCUT2D eigenvalue weighted by atomic mass is 9.97. The molecule has 7 nitrogen and oxygen atoms in total. The molecular formula is C16H19N3O4S. The van der Waals surface area contributed by atoms with Gasteiger partial charge in [-0.1, -0.05) is 0 Å². The monoisotopic (exact) mass is 349 g/mol. The number of rotatable bonds is 2. The van der Waals surface area contributed by atoms with Crippen LogP contribution < -0.4 is 5.56 Å². The summed E-state index contributed by atoms with van der Waals surface area (Å²) < 4.78 is 1.48. The van der Waals surface area contributed by atoms with Crippen molar-refractivity contribution in [3.63, 3.8) is 0 Å². The number of likely N-dealkylation sites (tertiary alicyclic amines) is 1. The van der Waals surface area contributed by atoms with Gasteiger partial charge in [0.1, 0.15) is 10.7 Å². The summed E-state index contributed by atoms with van der Waals surface area (Å²) in [6, 6.07) is 0. The van der Waals surface area contributed by atoms with E-state index >= 15 is 0 Å². The fourth-order valence-corrected chi connectivity index (χ4v) is 4.23. The zero-order chi connectivity index (χ0) is 17.6. The van der Waals surface area contributed by atoms with Crippen LogP contribution >= 0.6 is 11.3 Å². The van der Waals surface area contributed by atoms with Gasteiger partial charge in [0.05, 0.1) is 16.2 Å². The molecule has 1 saturated heterocycles. The van der Waals surface area contributed by atoms with Crippen molar-refractivity contribution in [2.24, 2.45) is 13.0 Å². The van der Waals surface area contributed by atoms with Gasteiger partial charge in [-0.3, -0.25) is 19.0 Å². The molecule has 0 aliphatic carbocycles. The lowest BCUT2D eigenvalue weighted by molar-refractivity contribution is -0.143. The molecule has 0 saturated carbocycles. The van der Waals surface area contributed by atoms with E-state index in [2.05, 4.69) is 4.98 Å². The molecule has 3 rings (SSSR count). The predicted molar refractivity (Wildman–Crippen MR) is 90.6 cm³/mol. The maximum atomic E-state index is 12.8. The second kappa shape index (κ2) is 6.01. The molecule has 1 amide bonds. The standard InChI is InChI=1S/C16H19N3O4S/c1-8-11-13(17-9(2)18(3)14(11)20)24-12(8)15(21)19-6-4-10(5-7-19)16(22)23/h10H,4-7H2,1-3H3,(H,22,23). The molecule has 128 valence electrons. The highest BCUT2D eigenvalue weighted by molar-refractivity contribution is 7.20. The van der Waals surface area contributed by atoms with Gasteiger partial charge in [0.25, 0.3) is 11.5 Å². The maximum Gasteiger partial charge on any atom is 0.306 e. The average Bonchev–Trinajstić information content (AvgIpc) is 2.88. The van der Waals surface area contributed by atoms with Crippen molar-refractivity contribution in [1.29, 1.82) is 0 Å². The zero-order valence-electron chi connectivity index (χ0n) is 13.8. The molecule has 24 heavy (non-hydrogen) atoms. The van der Waals surface area contributed by atoms with Gasteiger partial charge in [0, 0.05) is 20.1 Å². The lowest BCUT2D eigenvalue weighted by Gasteiger charge is -2.29. The number of carboxylic acids is 1. The first-order valence-electron chi connectivity index (χ1n) is 7.80. The van der Waals surface area contributed by atoms with Crippen molar-refractivity contribution in [3.8, 4) is 0 Å². The Hall–Kier alpha value is -2.22. The van der Waals surface area contributed by atoms with Crippen molar-refractivity contribution in [3.05, 3.63) is 26.6 Å². The molecule has 0 radical (unpaired) electrons. The molecular weight excluding hydrogens is 330 g/mol. The van der Waals surface area contributed by atoms with Crippen molar-refractivity contribution >= 4 is 33.4 Å². The van der Waals surface area contributed by atoms with Crippen LogP contribution in [0.2, 0.25) is 0 Å². The Labute approximate surface area is 142 Å². The smallest absolute Gasteiger partial charge is 0.306 e. The van der Waals surface area contributed by atoms with E-state index in [0.717, 1.165) is 0 Å². The number of hydrogen-bond acceptors (Lipinski definition) is 5. The first-order chi connectivity index (χ1) is 11.3. The highest BCUT2D eigenvalue weighted by Crippen LogP contribution is 2.29. The summed E-state index contributed by atoms with van der Waals surface area (Å²) in [6.45, 7) is 4.38. The number of aryl methyl sites for hydroxylation is 2. The van der Waals surface area contributed by atoms with Crippen LogP contribution in [0.15, 0.2) is 4.79 Å². The molecule has 2 aromatic heterocycles. The van der Waals surface area contributed by atoms with Crippen LogP contribution in [0.3, 0.4) is 0 Å². The van der Waals surface area contributed by atoms with E-state index in [4.69, 9.17) is 5.11 Å². The lowest BCUT2D eigenvalue weighted by Crippen LogP contribution is -2.40. The van der Waals surface area contributed by atoms with Crippen molar-refractivity contribution in [2.45, 2.75) is 26.7 Å². The summed E-state index contributed by atoms with van der Waals surface area (Å²) in [6.07, 6.45) is 0.925. The van der Waals surface area contributed by atoms with Crippen LogP contribution in [0.5, 0.6) is 0 Å². The van der Waals surface area contributed by atoms with Crippen LogP contribution in [-0.4, -0.2) is 44.5 Å². The number of carbonyl (C=O) groups is 2. The topological polar surface area (TPSA) is 92.5 Å². The van der Waals surface area contributed by atoms with Crippen LogP contribution in [0, 0.1) is 19.8 Å². The van der Waals surface area contributed by atoms with E-state index in [-0.39, 0.29) is 17.4 Å². The van der Waals surface area contributed by atoms with Crippen LogP contribution in [0.1, 0.15) is 33.9 Å². The molecule has 8 heteroatoms. The largest absolute Gasteiger partial charge is 0.481 e. The molecule has 0 aromatic carbocycles. The SMILES string of the molecule is Cc1c(C(=O)N2CCC(C(=O)O)CC2)sc2nc(C)n(C)c(=O)c12. The van der Waals surface area contributed by atoms with Crippen LogP contribution in [0.4, 0.5) is 0 Å². The average molecular weight is 349 g/mol. The summed E-state index contributed by atoms with van der Waals surface area (Å²) in [4.78, 5) is 43.5. The van der Waals surface area contributed by atoms with Crippen LogP contribution in [-0.2, 0) is 11.8 Å². The second-order valence-corrected chi connectivity index (χ2v) is 7.16. The number of hydrogen-bond donors (Lipinski definition) is 1. The molecule has 1 N–H and O–H groups in total. The van der Waals surface area contributed by atoms with Gasteiger partial charge >= 0.3 is 5.97 Å². The van der Waals surface area contributed by atoms with E-state index in [0.29, 0.717) is 52.4 Å². The Balaban J connectivity index is 1.94. The van der Waals surface area contributed by atoms with Crippen molar-refractivity contribution in [1.82, 2.24) is 14.5 Å². The molecule has 0 unspecified atom stereocenters. The van der Waals surface area contributed by atoms with E-state index in [1.165, 1.54) is 15.9 Å². The van der Waals surface area contributed by atoms with Gasteiger partial charge in [-0.05, 0) is 32.3 Å². The Morgan fingerprint density at radius 1 is 1.25 bits per heavy atom. The van der Waals surface area contributed by atoms with E-state index in [9.17, 15) is 14.4 Å². The zero-order valence-corrected chi connectivity index (χ0v) is 14.6. The third-order valence-electron chi connectivity index (χ3n) is 4.72. The Morgan fingerprint density at radius 3 is 2.46 bits per heavy atom. The van der Waals surface area contributed by atoms with Gasteiger partial charge < -0.3 is 10.0 Å². The van der Waals surface area contributed by atoms with Crippen molar-refractivity contribution in [2.75, 3.05) is 13.1 Å². The number of carbonyl (C=O) groups excluding carboxylic acids is 1. The van der Waals surface area contributed by atoms with Gasteiger partial charge in [0.2, 0.25) is 0 Å². The first-order valence-corrected chi connectivity index (χ1v) is 8.61. The predicted octanol–water partition coefficient (Wildman–Crippen LogP) is 1.55. The summed E-state index contributed by atoms with van der Waals surface area (Å²) in [5.74, 6) is -0.716. The number of piperidine rings is 1. The minimum Gasteiger partial charge on any atom is -0.481 e. The number of fused-ring (bicyclic) bond motifs is 1. The fourth-order valence-electron chi connectivity index (χ4n) is 3.04. The van der Waals surface area contributed by atoms with E-state index in [1.54, 1.807) is 25.8 Å². The molecule has 1 aliphatic rings. The molecule has 2 aromatic rings.